The lowest BCUT2D eigenvalue weighted by atomic mass is 10.1. The Morgan fingerprint density at radius 1 is 1.00 bits per heavy atom. The minimum absolute atomic E-state index is 0.0882. The summed E-state index contributed by atoms with van der Waals surface area (Å²) in [4.78, 5) is 42.1. The van der Waals surface area contributed by atoms with Crippen molar-refractivity contribution in [2.24, 2.45) is 0 Å². The molecule has 11 nitrogen and oxygen atoms in total. The summed E-state index contributed by atoms with van der Waals surface area (Å²) in [5.41, 5.74) is 2.34. The summed E-state index contributed by atoms with van der Waals surface area (Å²) in [6, 6.07) is 11.9. The van der Waals surface area contributed by atoms with Crippen molar-refractivity contribution < 1.29 is 19.2 Å². The normalized spacial score (nSPS) is 15.7. The number of carbonyl (C=O) groups excluding carboxylic acids is 2. The van der Waals surface area contributed by atoms with Gasteiger partial charge in [0.05, 0.1) is 29.4 Å². The van der Waals surface area contributed by atoms with Crippen LogP contribution in [0.4, 0.5) is 22.7 Å². The van der Waals surface area contributed by atoms with E-state index in [4.69, 9.17) is 17.0 Å². The lowest BCUT2D eigenvalue weighted by molar-refractivity contribution is -0.384. The Labute approximate surface area is 226 Å². The van der Waals surface area contributed by atoms with E-state index in [1.54, 1.807) is 6.07 Å². The lowest BCUT2D eigenvalue weighted by Gasteiger charge is -2.36. The molecule has 0 aliphatic carbocycles. The monoisotopic (exact) mass is 540 g/mol. The fraction of sp³-hybridized carbons (Fsp3) is 0.423. The number of benzene rings is 2. The van der Waals surface area contributed by atoms with Gasteiger partial charge in [0.15, 0.2) is 5.11 Å². The summed E-state index contributed by atoms with van der Waals surface area (Å²) in [6.45, 7) is 7.15. The number of hydrogen-bond acceptors (Lipinski definition) is 8. The number of anilines is 3. The number of rotatable bonds is 7. The zero-order chi connectivity index (χ0) is 27.1. The van der Waals surface area contributed by atoms with E-state index in [-0.39, 0.29) is 22.3 Å². The van der Waals surface area contributed by atoms with Gasteiger partial charge in [0.25, 0.3) is 11.6 Å². The number of ether oxygens (including phenoxy) is 1. The number of non-ortho nitro benzene ring substituents is 1. The second-order valence-corrected chi connectivity index (χ2v) is 9.54. The first-order valence-corrected chi connectivity index (χ1v) is 13.1. The maximum absolute atomic E-state index is 13.1. The molecule has 0 bridgehead atoms. The topological polar surface area (TPSA) is 120 Å². The lowest BCUT2D eigenvalue weighted by Crippen LogP contribution is -2.48. The second kappa shape index (κ2) is 12.7. The van der Waals surface area contributed by atoms with Crippen LogP contribution in [0.15, 0.2) is 42.5 Å². The maximum Gasteiger partial charge on any atom is 0.270 e. The molecule has 2 amide bonds. The van der Waals surface area contributed by atoms with Crippen LogP contribution in [0.1, 0.15) is 30.1 Å². The Bertz CT molecular complexity index is 1180. The van der Waals surface area contributed by atoms with Crippen molar-refractivity contribution in [2.45, 2.75) is 19.8 Å². The van der Waals surface area contributed by atoms with Crippen LogP contribution in [0.5, 0.6) is 0 Å². The number of piperazine rings is 1. The summed E-state index contributed by atoms with van der Waals surface area (Å²) in [6.07, 6.45) is 1.45. The summed E-state index contributed by atoms with van der Waals surface area (Å²) in [5, 5.41) is 17.1. The molecule has 0 radical (unpaired) electrons. The molecule has 2 heterocycles. The highest BCUT2D eigenvalue weighted by molar-refractivity contribution is 7.80. The predicted molar refractivity (Wildman–Crippen MR) is 150 cm³/mol. The third kappa shape index (κ3) is 6.75. The van der Waals surface area contributed by atoms with Crippen LogP contribution >= 0.6 is 12.2 Å². The van der Waals surface area contributed by atoms with E-state index >= 15 is 0 Å². The van der Waals surface area contributed by atoms with Crippen LogP contribution in [0.25, 0.3) is 0 Å². The minimum atomic E-state index is -0.528. The minimum Gasteiger partial charge on any atom is -0.378 e. The molecule has 2 aliphatic heterocycles. The smallest absolute Gasteiger partial charge is 0.270 e. The number of morpholine rings is 1. The Hall–Kier alpha value is -3.77. The number of carbonyl (C=O) groups is 2. The number of hydrogen-bond donors (Lipinski definition) is 2. The van der Waals surface area contributed by atoms with Gasteiger partial charge in [-0.15, -0.1) is 0 Å². The van der Waals surface area contributed by atoms with Crippen molar-refractivity contribution in [1.82, 2.24) is 10.2 Å². The van der Waals surface area contributed by atoms with Gasteiger partial charge in [-0.3, -0.25) is 25.0 Å². The van der Waals surface area contributed by atoms with Crippen LogP contribution in [-0.2, 0) is 9.53 Å². The van der Waals surface area contributed by atoms with E-state index in [9.17, 15) is 19.7 Å². The molecular weight excluding hydrogens is 508 g/mol. The molecule has 12 heteroatoms. The van der Waals surface area contributed by atoms with E-state index in [0.717, 1.165) is 25.2 Å². The molecule has 2 aromatic rings. The van der Waals surface area contributed by atoms with Gasteiger partial charge in [-0.1, -0.05) is 6.92 Å². The molecule has 202 valence electrons. The Morgan fingerprint density at radius 3 is 2.32 bits per heavy atom. The molecule has 2 N–H and O–H groups in total. The molecule has 2 aliphatic rings. The second-order valence-electron chi connectivity index (χ2n) is 9.13. The van der Waals surface area contributed by atoms with Gasteiger partial charge in [0.2, 0.25) is 5.91 Å². The first-order chi connectivity index (χ1) is 18.4. The fourth-order valence-electron chi connectivity index (χ4n) is 4.57. The quantitative estimate of drug-likeness (QED) is 0.310. The number of nitrogens with one attached hydrogen (secondary N) is 2. The highest BCUT2D eigenvalue weighted by Crippen LogP contribution is 2.27. The summed E-state index contributed by atoms with van der Waals surface area (Å²) in [7, 11) is 0. The van der Waals surface area contributed by atoms with E-state index < -0.39 is 10.8 Å². The Kier molecular flexibility index (Phi) is 9.08. The largest absolute Gasteiger partial charge is 0.378 e. The highest BCUT2D eigenvalue weighted by Gasteiger charge is 2.23. The van der Waals surface area contributed by atoms with Gasteiger partial charge < -0.3 is 24.8 Å². The first-order valence-electron chi connectivity index (χ1n) is 12.7. The van der Waals surface area contributed by atoms with E-state index in [0.29, 0.717) is 57.2 Å². The number of nitro groups is 1. The number of amides is 2. The van der Waals surface area contributed by atoms with Crippen LogP contribution in [0.3, 0.4) is 0 Å². The van der Waals surface area contributed by atoms with Gasteiger partial charge in [0.1, 0.15) is 0 Å². The zero-order valence-corrected chi connectivity index (χ0v) is 22.2. The van der Waals surface area contributed by atoms with Crippen LogP contribution in [-0.4, -0.2) is 79.2 Å². The molecule has 2 saturated heterocycles. The zero-order valence-electron chi connectivity index (χ0n) is 21.4. The number of nitro benzene ring substituents is 1. The third-order valence-electron chi connectivity index (χ3n) is 6.60. The van der Waals surface area contributed by atoms with E-state index in [1.165, 1.54) is 12.1 Å². The highest BCUT2D eigenvalue weighted by atomic mass is 32.1. The van der Waals surface area contributed by atoms with Crippen molar-refractivity contribution in [2.75, 3.05) is 67.6 Å². The SMILES string of the molecule is CCCC(=O)N1CCN(c2ccc(NC(=S)NC(=O)c3cc([N+](=O)[O-])ccc3N3CCOCC3)cc2)CC1. The van der Waals surface area contributed by atoms with Gasteiger partial charge in [-0.05, 0) is 49.0 Å². The first kappa shape index (κ1) is 27.3. The molecule has 0 atom stereocenters. The van der Waals surface area contributed by atoms with Crippen molar-refractivity contribution in [3.63, 3.8) is 0 Å². The molecule has 4 rings (SSSR count). The Balaban J connectivity index is 1.36. The molecule has 2 fully saturated rings. The molecule has 2 aromatic carbocycles. The van der Waals surface area contributed by atoms with Gasteiger partial charge in [-0.2, -0.15) is 0 Å². The van der Waals surface area contributed by atoms with Gasteiger partial charge in [0, 0.05) is 69.2 Å². The van der Waals surface area contributed by atoms with Crippen molar-refractivity contribution in [3.05, 3.63) is 58.1 Å². The molecule has 0 aromatic heterocycles. The fourth-order valence-corrected chi connectivity index (χ4v) is 4.78. The van der Waals surface area contributed by atoms with Crippen molar-refractivity contribution in [1.29, 1.82) is 0 Å². The summed E-state index contributed by atoms with van der Waals surface area (Å²) >= 11 is 5.35. The van der Waals surface area contributed by atoms with Crippen LogP contribution < -0.4 is 20.4 Å². The number of thiocarbonyl (C=S) groups is 1. The Morgan fingerprint density at radius 2 is 1.68 bits per heavy atom. The predicted octanol–water partition coefficient (Wildman–Crippen LogP) is 3.01. The number of nitrogens with zero attached hydrogens (tertiary/aromatic N) is 4. The van der Waals surface area contributed by atoms with Crippen LogP contribution in [0, 0.1) is 10.1 Å². The van der Waals surface area contributed by atoms with E-state index in [1.807, 2.05) is 41.0 Å². The molecule has 0 saturated carbocycles. The van der Waals surface area contributed by atoms with Crippen molar-refractivity contribution in [3.8, 4) is 0 Å². The average molecular weight is 541 g/mol. The van der Waals surface area contributed by atoms with Crippen LogP contribution in [0.2, 0.25) is 0 Å². The molecular formula is C26H32N6O5S. The van der Waals surface area contributed by atoms with Gasteiger partial charge in [-0.25, -0.2) is 0 Å². The molecule has 0 spiro atoms. The molecule has 38 heavy (non-hydrogen) atoms. The molecule has 0 unspecified atom stereocenters. The average Bonchev–Trinajstić information content (AvgIpc) is 2.93. The van der Waals surface area contributed by atoms with Gasteiger partial charge >= 0.3 is 0 Å². The summed E-state index contributed by atoms with van der Waals surface area (Å²) in [5.74, 6) is -0.316. The third-order valence-corrected chi connectivity index (χ3v) is 6.81. The summed E-state index contributed by atoms with van der Waals surface area (Å²) < 4.78 is 5.38. The standard InChI is InChI=1S/C26H32N6O5S/c1-2-3-24(33)31-12-10-29(11-13-31)20-6-4-19(5-7-20)27-26(38)28-25(34)22-18-21(32(35)36)8-9-23(22)30-14-16-37-17-15-30/h4-9,18H,2-3,10-17H2,1H3,(H2,27,28,34,38). The van der Waals surface area contributed by atoms with E-state index in [2.05, 4.69) is 15.5 Å². The maximum atomic E-state index is 13.1. The van der Waals surface area contributed by atoms with Crippen molar-refractivity contribution >= 4 is 51.9 Å².